The van der Waals surface area contributed by atoms with E-state index in [4.69, 9.17) is 16.3 Å². The monoisotopic (exact) mass is 389 g/mol. The highest BCUT2D eigenvalue weighted by atomic mass is 35.5. The number of imide groups is 1. The summed E-state index contributed by atoms with van der Waals surface area (Å²) in [6, 6.07) is 8.58. The molecule has 0 saturated carbocycles. The Bertz CT molecular complexity index is 922. The Balaban J connectivity index is 1.87. The van der Waals surface area contributed by atoms with Gasteiger partial charge in [0.05, 0.1) is 18.3 Å². The predicted octanol–water partition coefficient (Wildman–Crippen LogP) is 2.56. The van der Waals surface area contributed by atoms with Crippen LogP contribution in [0.4, 0.5) is 4.79 Å². The van der Waals surface area contributed by atoms with E-state index in [0.29, 0.717) is 21.9 Å². The van der Waals surface area contributed by atoms with Gasteiger partial charge in [-0.05, 0) is 42.3 Å². The molecule has 0 radical (unpaired) electrons. The first-order valence-electron chi connectivity index (χ1n) is 7.83. The lowest BCUT2D eigenvalue weighted by Crippen LogP contribution is -2.40. The topological polar surface area (TPSA) is 111 Å². The molecule has 1 heterocycles. The van der Waals surface area contributed by atoms with Gasteiger partial charge >= 0.3 is 6.03 Å². The molecular weight excluding hydrogens is 374 g/mol. The smallest absolute Gasteiger partial charge is 0.346 e. The van der Waals surface area contributed by atoms with E-state index in [1.165, 1.54) is 25.5 Å². The zero-order valence-corrected chi connectivity index (χ0v) is 15.2. The molecule has 140 valence electrons. The molecule has 0 aliphatic carbocycles. The number of hydrogen-bond donors (Lipinski definition) is 3. The number of amides is 3. The lowest BCUT2D eigenvalue weighted by molar-refractivity contribution is -0.131. The van der Waals surface area contributed by atoms with Crippen LogP contribution in [0.25, 0.3) is 0 Å². The summed E-state index contributed by atoms with van der Waals surface area (Å²) < 4.78 is 5.09. The highest BCUT2D eigenvalue weighted by molar-refractivity contribution is 6.32. The Morgan fingerprint density at radius 3 is 2.48 bits per heavy atom. The molecule has 0 spiro atoms. The average Bonchev–Trinajstić information content (AvgIpc) is 2.87. The van der Waals surface area contributed by atoms with Crippen LogP contribution in [0.15, 0.2) is 41.5 Å². The molecule has 1 aliphatic heterocycles. The van der Waals surface area contributed by atoms with Crippen molar-refractivity contribution < 1.29 is 24.5 Å². The minimum atomic E-state index is -1.28. The quantitative estimate of drug-likeness (QED) is 0.422. The SMILES string of the molecule is COc1ccc([C@]2(C)NC(=O)N(/N=C/c3cc(O)c(O)c(Cl)c3)C2=O)cc1. The number of ether oxygens (including phenoxy) is 1. The minimum absolute atomic E-state index is 0.0864. The Hall–Kier alpha value is -3.26. The maximum Gasteiger partial charge on any atom is 0.346 e. The number of halogens is 1. The summed E-state index contributed by atoms with van der Waals surface area (Å²) in [5.41, 5.74) is -0.409. The molecule has 1 fully saturated rings. The fraction of sp³-hybridized carbons (Fsp3) is 0.167. The van der Waals surface area contributed by atoms with Crippen LogP contribution >= 0.6 is 11.6 Å². The van der Waals surface area contributed by atoms with E-state index in [2.05, 4.69) is 10.4 Å². The summed E-state index contributed by atoms with van der Waals surface area (Å²) in [6.45, 7) is 1.58. The van der Waals surface area contributed by atoms with Crippen LogP contribution in [-0.2, 0) is 10.3 Å². The van der Waals surface area contributed by atoms with Crippen LogP contribution in [0.1, 0.15) is 18.1 Å². The first-order valence-corrected chi connectivity index (χ1v) is 8.20. The van der Waals surface area contributed by atoms with Gasteiger partial charge in [-0.3, -0.25) is 4.79 Å². The molecule has 0 unspecified atom stereocenters. The van der Waals surface area contributed by atoms with Crippen LogP contribution in [0.5, 0.6) is 17.2 Å². The standard InChI is InChI=1S/C18H16ClN3O5/c1-18(11-3-5-12(27-2)6-4-11)16(25)22(17(26)21-18)20-9-10-7-13(19)15(24)14(23)8-10/h3-9,23-24H,1-2H3,(H,21,26)/b20-9+/t18-/m0/s1. The molecule has 1 atom stereocenters. The summed E-state index contributed by atoms with van der Waals surface area (Å²) in [5, 5.41) is 26.2. The van der Waals surface area contributed by atoms with Crippen LogP contribution in [-0.4, -0.2) is 40.5 Å². The number of aromatic hydroxyl groups is 2. The molecule has 2 aromatic rings. The number of nitrogens with zero attached hydrogens (tertiary/aromatic N) is 2. The Morgan fingerprint density at radius 2 is 1.89 bits per heavy atom. The second kappa shape index (κ2) is 6.81. The number of hydrogen-bond acceptors (Lipinski definition) is 6. The van der Waals surface area contributed by atoms with Crippen molar-refractivity contribution in [1.82, 2.24) is 10.3 Å². The van der Waals surface area contributed by atoms with Gasteiger partial charge < -0.3 is 20.3 Å². The van der Waals surface area contributed by atoms with Crippen molar-refractivity contribution in [2.45, 2.75) is 12.5 Å². The first-order chi connectivity index (χ1) is 12.8. The molecule has 0 aromatic heterocycles. The van der Waals surface area contributed by atoms with Crippen molar-refractivity contribution in [1.29, 1.82) is 0 Å². The van der Waals surface area contributed by atoms with E-state index in [1.54, 1.807) is 31.2 Å². The highest BCUT2D eigenvalue weighted by Gasteiger charge is 2.49. The number of benzene rings is 2. The molecule has 27 heavy (non-hydrogen) atoms. The zero-order valence-electron chi connectivity index (χ0n) is 14.4. The molecule has 2 aromatic carbocycles. The lowest BCUT2D eigenvalue weighted by Gasteiger charge is -2.21. The number of rotatable bonds is 4. The Kier molecular flexibility index (Phi) is 4.67. The Morgan fingerprint density at radius 1 is 1.22 bits per heavy atom. The number of nitrogens with one attached hydrogen (secondary N) is 1. The molecule has 3 amide bonds. The van der Waals surface area contributed by atoms with Crippen molar-refractivity contribution in [2.24, 2.45) is 5.10 Å². The van der Waals surface area contributed by atoms with Gasteiger partial charge in [0.25, 0.3) is 5.91 Å². The summed E-state index contributed by atoms with van der Waals surface area (Å²) >= 11 is 5.78. The van der Waals surface area contributed by atoms with Gasteiger partial charge in [-0.2, -0.15) is 5.10 Å². The van der Waals surface area contributed by atoms with Crippen LogP contribution in [0.2, 0.25) is 5.02 Å². The minimum Gasteiger partial charge on any atom is -0.504 e. The zero-order chi connectivity index (χ0) is 19.8. The fourth-order valence-corrected chi connectivity index (χ4v) is 2.88. The number of hydrazone groups is 1. The molecule has 8 nitrogen and oxygen atoms in total. The van der Waals surface area contributed by atoms with Gasteiger partial charge in [-0.15, -0.1) is 5.01 Å². The van der Waals surface area contributed by atoms with E-state index in [0.717, 1.165) is 0 Å². The third-order valence-corrected chi connectivity index (χ3v) is 4.51. The predicted molar refractivity (Wildman–Crippen MR) is 98.1 cm³/mol. The van der Waals surface area contributed by atoms with Gasteiger partial charge in [0.2, 0.25) is 0 Å². The largest absolute Gasteiger partial charge is 0.504 e. The van der Waals surface area contributed by atoms with Gasteiger partial charge in [0.15, 0.2) is 11.5 Å². The molecular formula is C18H16ClN3O5. The number of urea groups is 1. The summed E-state index contributed by atoms with van der Waals surface area (Å²) in [4.78, 5) is 25.0. The maximum absolute atomic E-state index is 12.8. The molecule has 1 saturated heterocycles. The molecule has 9 heteroatoms. The van der Waals surface area contributed by atoms with Crippen molar-refractivity contribution in [2.75, 3.05) is 7.11 Å². The van der Waals surface area contributed by atoms with E-state index in [9.17, 15) is 19.8 Å². The van der Waals surface area contributed by atoms with Crippen LogP contribution in [0.3, 0.4) is 0 Å². The second-order valence-corrected chi connectivity index (χ2v) is 6.42. The lowest BCUT2D eigenvalue weighted by atomic mass is 9.92. The molecule has 3 N–H and O–H groups in total. The molecule has 3 rings (SSSR count). The van der Waals surface area contributed by atoms with Crippen molar-refractivity contribution >= 4 is 29.8 Å². The summed E-state index contributed by atoms with van der Waals surface area (Å²) in [6.07, 6.45) is 1.18. The summed E-state index contributed by atoms with van der Waals surface area (Å²) in [5.74, 6) is -0.846. The van der Waals surface area contributed by atoms with Crippen molar-refractivity contribution in [3.63, 3.8) is 0 Å². The third-order valence-electron chi connectivity index (χ3n) is 4.22. The van der Waals surface area contributed by atoms with Crippen LogP contribution < -0.4 is 10.1 Å². The van der Waals surface area contributed by atoms with Crippen molar-refractivity contribution in [3.8, 4) is 17.2 Å². The van der Waals surface area contributed by atoms with E-state index in [-0.39, 0.29) is 5.02 Å². The highest BCUT2D eigenvalue weighted by Crippen LogP contribution is 2.34. The normalized spacial score (nSPS) is 19.6. The van der Waals surface area contributed by atoms with E-state index >= 15 is 0 Å². The maximum atomic E-state index is 12.8. The first kappa shape index (κ1) is 18.5. The fourth-order valence-electron chi connectivity index (χ4n) is 2.65. The van der Waals surface area contributed by atoms with Gasteiger partial charge in [-0.1, -0.05) is 23.7 Å². The average molecular weight is 390 g/mol. The number of methoxy groups -OCH3 is 1. The number of phenols is 2. The molecule has 1 aliphatic rings. The van der Waals surface area contributed by atoms with Gasteiger partial charge in [0, 0.05) is 0 Å². The Labute approximate surface area is 159 Å². The molecule has 0 bridgehead atoms. The number of phenolic OH excluding ortho intramolecular Hbond substituents is 2. The van der Waals surface area contributed by atoms with Gasteiger partial charge in [-0.25, -0.2) is 4.79 Å². The van der Waals surface area contributed by atoms with E-state index < -0.39 is 29.0 Å². The van der Waals surface area contributed by atoms with Crippen molar-refractivity contribution in [3.05, 3.63) is 52.5 Å². The van der Waals surface area contributed by atoms with Crippen LogP contribution in [0, 0.1) is 0 Å². The number of carbonyl (C=O) groups is 2. The second-order valence-electron chi connectivity index (χ2n) is 6.02. The third kappa shape index (κ3) is 3.26. The van der Waals surface area contributed by atoms with E-state index in [1.807, 2.05) is 0 Å². The van der Waals surface area contributed by atoms with Gasteiger partial charge in [0.1, 0.15) is 11.3 Å². The number of carbonyl (C=O) groups excluding carboxylic acids is 2. The summed E-state index contributed by atoms with van der Waals surface area (Å²) in [7, 11) is 1.53.